The summed E-state index contributed by atoms with van der Waals surface area (Å²) in [6, 6.07) is 0. The topological polar surface area (TPSA) is 26.3 Å². The summed E-state index contributed by atoms with van der Waals surface area (Å²) in [7, 11) is 0. The minimum Gasteiger partial charge on any atom is -0.455 e. The molecule has 0 spiro atoms. The molecule has 56 valence electrons. The van der Waals surface area contributed by atoms with E-state index < -0.39 is 5.97 Å². The Morgan fingerprint density at radius 2 is 2.30 bits per heavy atom. The molecule has 10 heavy (non-hydrogen) atoms. The van der Waals surface area contributed by atoms with Crippen LogP contribution in [-0.4, -0.2) is 16.9 Å². The standard InChI is InChI=1S/C7H9BrO2/c1-4-6(9)10-5-7(2,3)8/h1H,5H2,2-3H3. The van der Waals surface area contributed by atoms with Crippen LogP contribution in [0.15, 0.2) is 0 Å². The van der Waals surface area contributed by atoms with Crippen molar-refractivity contribution in [2.24, 2.45) is 0 Å². The van der Waals surface area contributed by atoms with Gasteiger partial charge in [-0.05, 0) is 13.8 Å². The van der Waals surface area contributed by atoms with Gasteiger partial charge in [0.25, 0.3) is 0 Å². The average Bonchev–Trinajstić information content (AvgIpc) is 1.81. The highest BCUT2D eigenvalue weighted by Crippen LogP contribution is 2.15. The van der Waals surface area contributed by atoms with Gasteiger partial charge in [0.2, 0.25) is 0 Å². The molecule has 0 heterocycles. The van der Waals surface area contributed by atoms with Gasteiger partial charge in [-0.15, -0.1) is 6.42 Å². The molecule has 0 aliphatic carbocycles. The third-order valence-electron chi connectivity index (χ3n) is 0.664. The molecule has 0 amide bonds. The second-order valence-corrected chi connectivity index (χ2v) is 4.59. The molecule has 0 fully saturated rings. The zero-order valence-electron chi connectivity index (χ0n) is 5.98. The van der Waals surface area contributed by atoms with Gasteiger partial charge in [0.15, 0.2) is 0 Å². The highest BCUT2D eigenvalue weighted by molar-refractivity contribution is 9.10. The zero-order valence-corrected chi connectivity index (χ0v) is 7.56. The summed E-state index contributed by atoms with van der Waals surface area (Å²) in [5.41, 5.74) is 0. The molecule has 0 saturated heterocycles. The van der Waals surface area contributed by atoms with E-state index in [0.29, 0.717) is 0 Å². The highest BCUT2D eigenvalue weighted by Gasteiger charge is 2.14. The number of alkyl halides is 1. The SMILES string of the molecule is C#CC(=O)OCC(C)(C)Br. The fourth-order valence-electron chi connectivity index (χ4n) is 0.279. The molecule has 0 aromatic rings. The van der Waals surface area contributed by atoms with Gasteiger partial charge in [0, 0.05) is 5.92 Å². The zero-order chi connectivity index (χ0) is 8.20. The van der Waals surface area contributed by atoms with Crippen molar-refractivity contribution in [3.63, 3.8) is 0 Å². The fourth-order valence-corrected chi connectivity index (χ4v) is 0.393. The first-order valence-corrected chi connectivity index (χ1v) is 3.57. The monoisotopic (exact) mass is 204 g/mol. The molecule has 0 aromatic carbocycles. The number of carbonyl (C=O) groups is 1. The maximum atomic E-state index is 10.4. The van der Waals surface area contributed by atoms with Crippen LogP contribution in [0, 0.1) is 12.3 Å². The van der Waals surface area contributed by atoms with Crippen molar-refractivity contribution in [3.8, 4) is 12.3 Å². The molecule has 0 aliphatic rings. The first kappa shape index (κ1) is 9.51. The van der Waals surface area contributed by atoms with Crippen molar-refractivity contribution in [2.75, 3.05) is 6.61 Å². The van der Waals surface area contributed by atoms with Crippen LogP contribution in [0.2, 0.25) is 0 Å². The number of terminal acetylenes is 1. The predicted molar refractivity (Wildman–Crippen MR) is 42.8 cm³/mol. The van der Waals surface area contributed by atoms with Gasteiger partial charge in [0.1, 0.15) is 6.61 Å². The van der Waals surface area contributed by atoms with Crippen molar-refractivity contribution in [1.29, 1.82) is 0 Å². The van der Waals surface area contributed by atoms with Crippen molar-refractivity contribution in [2.45, 2.75) is 18.2 Å². The van der Waals surface area contributed by atoms with Gasteiger partial charge in [-0.25, -0.2) is 4.79 Å². The Balaban J connectivity index is 3.58. The normalized spacial score (nSPS) is 10.2. The van der Waals surface area contributed by atoms with Crippen molar-refractivity contribution in [1.82, 2.24) is 0 Å². The van der Waals surface area contributed by atoms with Gasteiger partial charge in [-0.3, -0.25) is 0 Å². The van der Waals surface area contributed by atoms with E-state index in [1.807, 2.05) is 19.8 Å². The molecule has 0 radical (unpaired) electrons. The smallest absolute Gasteiger partial charge is 0.384 e. The average molecular weight is 205 g/mol. The van der Waals surface area contributed by atoms with Gasteiger partial charge in [0.05, 0.1) is 4.32 Å². The molecule has 2 nitrogen and oxygen atoms in total. The summed E-state index contributed by atoms with van der Waals surface area (Å²) in [5, 5.41) is 0. The van der Waals surface area contributed by atoms with E-state index in [1.165, 1.54) is 0 Å². The number of ether oxygens (including phenoxy) is 1. The molecule has 0 N–H and O–H groups in total. The number of rotatable bonds is 2. The number of halogens is 1. The van der Waals surface area contributed by atoms with Crippen molar-refractivity contribution < 1.29 is 9.53 Å². The molecule has 0 atom stereocenters. The van der Waals surface area contributed by atoms with Crippen LogP contribution < -0.4 is 0 Å². The van der Waals surface area contributed by atoms with Crippen LogP contribution in [-0.2, 0) is 9.53 Å². The Morgan fingerprint density at radius 3 is 2.60 bits per heavy atom. The third-order valence-corrected chi connectivity index (χ3v) is 0.893. The van der Waals surface area contributed by atoms with E-state index in [1.54, 1.807) is 0 Å². The number of hydrogen-bond acceptors (Lipinski definition) is 2. The molecule has 0 bridgehead atoms. The third kappa shape index (κ3) is 5.64. The molecule has 0 rings (SSSR count). The van der Waals surface area contributed by atoms with Crippen LogP contribution >= 0.6 is 15.9 Å². The predicted octanol–water partition coefficient (Wildman–Crippen LogP) is 1.34. The van der Waals surface area contributed by atoms with E-state index in [-0.39, 0.29) is 10.9 Å². The number of hydrogen-bond donors (Lipinski definition) is 0. The molecular formula is C7H9BrO2. The van der Waals surface area contributed by atoms with E-state index >= 15 is 0 Å². The molecule has 3 heteroatoms. The lowest BCUT2D eigenvalue weighted by molar-refractivity contribution is -0.137. The Labute approximate surface area is 69.1 Å². The van der Waals surface area contributed by atoms with Crippen LogP contribution in [0.5, 0.6) is 0 Å². The fraction of sp³-hybridized carbons (Fsp3) is 0.571. The molecule has 0 aromatic heterocycles. The van der Waals surface area contributed by atoms with E-state index in [0.717, 1.165) is 0 Å². The first-order valence-electron chi connectivity index (χ1n) is 2.78. The Bertz CT molecular complexity index is 161. The minimum atomic E-state index is -0.618. The lowest BCUT2D eigenvalue weighted by Crippen LogP contribution is -2.20. The molecule has 0 unspecified atom stereocenters. The van der Waals surface area contributed by atoms with Crippen LogP contribution in [0.25, 0.3) is 0 Å². The first-order chi connectivity index (χ1) is 4.45. The summed E-state index contributed by atoms with van der Waals surface area (Å²) in [6.07, 6.45) is 4.76. The molecule has 0 saturated carbocycles. The van der Waals surface area contributed by atoms with Gasteiger partial charge < -0.3 is 4.74 Å². The van der Waals surface area contributed by atoms with Crippen LogP contribution in [0.1, 0.15) is 13.8 Å². The van der Waals surface area contributed by atoms with Gasteiger partial charge in [-0.1, -0.05) is 15.9 Å². The van der Waals surface area contributed by atoms with Gasteiger partial charge >= 0.3 is 5.97 Å². The second-order valence-electron chi connectivity index (χ2n) is 2.44. The van der Waals surface area contributed by atoms with E-state index in [4.69, 9.17) is 6.42 Å². The van der Waals surface area contributed by atoms with Crippen molar-refractivity contribution in [3.05, 3.63) is 0 Å². The van der Waals surface area contributed by atoms with E-state index in [9.17, 15) is 4.79 Å². The quantitative estimate of drug-likeness (QED) is 0.294. The summed E-state index contributed by atoms with van der Waals surface area (Å²) < 4.78 is 4.44. The lowest BCUT2D eigenvalue weighted by Gasteiger charge is -2.13. The Kier molecular flexibility index (Phi) is 3.45. The van der Waals surface area contributed by atoms with Crippen LogP contribution in [0.3, 0.4) is 0 Å². The summed E-state index contributed by atoms with van der Waals surface area (Å²) in [5.74, 6) is 1.24. The van der Waals surface area contributed by atoms with Crippen molar-refractivity contribution >= 4 is 21.9 Å². The minimum absolute atomic E-state index is 0.195. The number of esters is 1. The Morgan fingerprint density at radius 1 is 1.80 bits per heavy atom. The lowest BCUT2D eigenvalue weighted by atomic mass is 10.2. The molecule has 0 aliphatic heterocycles. The van der Waals surface area contributed by atoms with Gasteiger partial charge in [-0.2, -0.15) is 0 Å². The summed E-state index contributed by atoms with van der Waals surface area (Å²) in [6.45, 7) is 4.06. The number of carbonyl (C=O) groups excluding carboxylic acids is 1. The van der Waals surface area contributed by atoms with Crippen LogP contribution in [0.4, 0.5) is 0 Å². The largest absolute Gasteiger partial charge is 0.455 e. The maximum Gasteiger partial charge on any atom is 0.384 e. The summed E-state index contributed by atoms with van der Waals surface area (Å²) >= 11 is 3.29. The van der Waals surface area contributed by atoms with E-state index in [2.05, 4.69) is 20.7 Å². The second kappa shape index (κ2) is 3.62. The maximum absolute atomic E-state index is 10.4. The summed E-state index contributed by atoms with van der Waals surface area (Å²) in [4.78, 5) is 10.4. The highest BCUT2D eigenvalue weighted by atomic mass is 79.9. The molecular weight excluding hydrogens is 196 g/mol. The Hall–Kier alpha value is -0.490.